The zero-order chi connectivity index (χ0) is 17.4. The van der Waals surface area contributed by atoms with Crippen LogP contribution in [0.4, 0.5) is 10.5 Å². The number of hydrogen-bond acceptors (Lipinski definition) is 3. The Morgan fingerprint density at radius 2 is 2.04 bits per heavy atom. The number of nitrogens with zero attached hydrogens (tertiary/aromatic N) is 1. The number of hydrazone groups is 1. The van der Waals surface area contributed by atoms with Crippen molar-refractivity contribution in [2.75, 3.05) is 5.32 Å². The van der Waals surface area contributed by atoms with Crippen molar-refractivity contribution in [1.82, 2.24) is 5.43 Å². The summed E-state index contributed by atoms with van der Waals surface area (Å²) >= 11 is 6.19. The lowest BCUT2D eigenvalue weighted by Crippen LogP contribution is -2.24. The molecule has 0 saturated carbocycles. The third-order valence-corrected chi connectivity index (χ3v) is 3.57. The highest BCUT2D eigenvalue weighted by Gasteiger charge is 2.06. The average Bonchev–Trinajstić information content (AvgIpc) is 2.58. The highest BCUT2D eigenvalue weighted by molar-refractivity contribution is 6.32. The number of benzene rings is 2. The van der Waals surface area contributed by atoms with Crippen molar-refractivity contribution >= 4 is 29.5 Å². The Kier molecular flexibility index (Phi) is 6.63. The topological polar surface area (TPSA) is 62.7 Å². The molecule has 0 bridgehead atoms. The number of hydrogen-bond donors (Lipinski definition) is 2. The van der Waals surface area contributed by atoms with Gasteiger partial charge in [-0.1, -0.05) is 36.7 Å². The Morgan fingerprint density at radius 1 is 1.29 bits per heavy atom. The molecule has 0 spiro atoms. The highest BCUT2D eigenvalue weighted by atomic mass is 35.5. The molecule has 2 aromatic rings. The Morgan fingerprint density at radius 3 is 2.71 bits per heavy atom. The summed E-state index contributed by atoms with van der Waals surface area (Å²) < 4.78 is 5.70. The number of anilines is 1. The minimum Gasteiger partial charge on any atom is -0.489 e. The van der Waals surface area contributed by atoms with E-state index in [0.717, 1.165) is 12.0 Å². The van der Waals surface area contributed by atoms with Gasteiger partial charge in [-0.3, -0.25) is 0 Å². The predicted octanol–water partition coefficient (Wildman–Crippen LogP) is 4.67. The van der Waals surface area contributed by atoms with Crippen molar-refractivity contribution in [3.05, 3.63) is 59.1 Å². The maximum Gasteiger partial charge on any atom is 0.339 e. The van der Waals surface area contributed by atoms with Crippen LogP contribution in [0, 0.1) is 0 Å². The molecule has 2 aromatic carbocycles. The molecule has 2 rings (SSSR count). The molecule has 1 atom stereocenters. The Labute approximate surface area is 146 Å². The van der Waals surface area contributed by atoms with Gasteiger partial charge in [0.2, 0.25) is 0 Å². The molecule has 126 valence electrons. The van der Waals surface area contributed by atoms with Gasteiger partial charge in [-0.15, -0.1) is 0 Å². The van der Waals surface area contributed by atoms with Crippen LogP contribution in [0.2, 0.25) is 5.02 Å². The van der Waals surface area contributed by atoms with Crippen LogP contribution >= 0.6 is 11.6 Å². The molecule has 0 aliphatic heterocycles. The van der Waals surface area contributed by atoms with E-state index < -0.39 is 6.03 Å². The van der Waals surface area contributed by atoms with E-state index in [4.69, 9.17) is 16.3 Å². The van der Waals surface area contributed by atoms with E-state index in [-0.39, 0.29) is 6.10 Å². The molecule has 0 fully saturated rings. The average molecular weight is 346 g/mol. The first-order valence-corrected chi connectivity index (χ1v) is 8.07. The lowest BCUT2D eigenvalue weighted by Gasteiger charge is -2.13. The molecule has 24 heavy (non-hydrogen) atoms. The number of amides is 2. The lowest BCUT2D eigenvalue weighted by atomic mass is 10.2. The minimum absolute atomic E-state index is 0.102. The van der Waals surface area contributed by atoms with Gasteiger partial charge < -0.3 is 10.1 Å². The molecular weight excluding hydrogens is 326 g/mol. The summed E-state index contributed by atoms with van der Waals surface area (Å²) in [5.41, 5.74) is 3.86. The number of urea groups is 1. The molecule has 5 nitrogen and oxygen atoms in total. The first-order chi connectivity index (χ1) is 11.6. The first kappa shape index (κ1) is 17.8. The van der Waals surface area contributed by atoms with Gasteiger partial charge in [0.05, 0.1) is 17.3 Å². The zero-order valence-corrected chi connectivity index (χ0v) is 14.4. The number of carbonyl (C=O) groups excluding carboxylic acids is 1. The molecule has 2 N–H and O–H groups in total. The van der Waals surface area contributed by atoms with E-state index in [2.05, 4.69) is 15.8 Å². The third kappa shape index (κ3) is 5.59. The van der Waals surface area contributed by atoms with Crippen LogP contribution < -0.4 is 15.5 Å². The first-order valence-electron chi connectivity index (χ1n) is 7.69. The van der Waals surface area contributed by atoms with Crippen LogP contribution in [0.3, 0.4) is 0 Å². The van der Waals surface area contributed by atoms with Crippen molar-refractivity contribution in [2.24, 2.45) is 5.10 Å². The number of rotatable bonds is 6. The zero-order valence-electron chi connectivity index (χ0n) is 13.6. The number of ether oxygens (including phenoxy) is 1. The maximum atomic E-state index is 11.7. The van der Waals surface area contributed by atoms with Crippen LogP contribution in [-0.2, 0) is 0 Å². The number of nitrogens with one attached hydrogen (secondary N) is 2. The standard InChI is InChI=1S/C18H20ClN3O2/c1-3-13(2)24-17-10-9-14(11-16(17)19)12-20-22-18(23)21-15-7-5-4-6-8-15/h4-13H,3H2,1-2H3,(H2,21,22,23)/b20-12+/t13-/m0/s1. The van der Waals surface area contributed by atoms with Crippen molar-refractivity contribution in [2.45, 2.75) is 26.4 Å². The quantitative estimate of drug-likeness (QED) is 0.590. The summed E-state index contributed by atoms with van der Waals surface area (Å²) in [4.78, 5) is 11.7. The van der Waals surface area contributed by atoms with Crippen molar-refractivity contribution < 1.29 is 9.53 Å². The number of carbonyl (C=O) groups is 1. The number of para-hydroxylation sites is 1. The van der Waals surface area contributed by atoms with Crippen molar-refractivity contribution in [3.8, 4) is 5.75 Å². The molecule has 0 aliphatic carbocycles. The molecule has 0 aromatic heterocycles. The summed E-state index contributed by atoms with van der Waals surface area (Å²) in [6.07, 6.45) is 2.52. The van der Waals surface area contributed by atoms with Gasteiger partial charge >= 0.3 is 6.03 Å². The van der Waals surface area contributed by atoms with Gasteiger partial charge in [-0.05, 0) is 49.2 Å². The Bertz CT molecular complexity index is 705. The molecule has 0 radical (unpaired) electrons. The maximum absolute atomic E-state index is 11.7. The Balaban J connectivity index is 1.90. The van der Waals surface area contributed by atoms with Gasteiger partial charge in [-0.25, -0.2) is 10.2 Å². The van der Waals surface area contributed by atoms with E-state index in [0.29, 0.717) is 16.5 Å². The largest absolute Gasteiger partial charge is 0.489 e. The summed E-state index contributed by atoms with van der Waals surface area (Å²) in [5.74, 6) is 0.637. The molecule has 0 unspecified atom stereocenters. The Hall–Kier alpha value is -2.53. The highest BCUT2D eigenvalue weighted by Crippen LogP contribution is 2.26. The van der Waals surface area contributed by atoms with Crippen molar-refractivity contribution in [3.63, 3.8) is 0 Å². The van der Waals surface area contributed by atoms with Gasteiger partial charge in [-0.2, -0.15) is 5.10 Å². The van der Waals surface area contributed by atoms with E-state index in [1.54, 1.807) is 24.3 Å². The fraction of sp³-hybridized carbons (Fsp3) is 0.222. The monoisotopic (exact) mass is 345 g/mol. The molecule has 6 heteroatoms. The van der Waals surface area contributed by atoms with Gasteiger partial charge in [0.1, 0.15) is 5.75 Å². The summed E-state index contributed by atoms with van der Waals surface area (Å²) in [6.45, 7) is 4.03. The van der Waals surface area contributed by atoms with Gasteiger partial charge in [0.15, 0.2) is 0 Å². The lowest BCUT2D eigenvalue weighted by molar-refractivity contribution is 0.217. The normalized spacial score (nSPS) is 12.0. The molecule has 0 heterocycles. The molecule has 2 amide bonds. The second-order valence-electron chi connectivity index (χ2n) is 5.22. The SMILES string of the molecule is CC[C@H](C)Oc1ccc(/C=N/NC(=O)Nc2ccccc2)cc1Cl. The third-order valence-electron chi connectivity index (χ3n) is 3.27. The second kappa shape index (κ2) is 8.93. The predicted molar refractivity (Wildman–Crippen MR) is 98.0 cm³/mol. The summed E-state index contributed by atoms with van der Waals surface area (Å²) in [6, 6.07) is 14.1. The van der Waals surface area contributed by atoms with Gasteiger partial charge in [0, 0.05) is 5.69 Å². The minimum atomic E-state index is -0.416. The number of halogens is 1. The molecule has 0 saturated heterocycles. The molecule has 0 aliphatic rings. The van der Waals surface area contributed by atoms with Crippen LogP contribution in [0.25, 0.3) is 0 Å². The van der Waals surface area contributed by atoms with Crippen LogP contribution in [0.15, 0.2) is 53.6 Å². The molecular formula is C18H20ClN3O2. The summed E-state index contributed by atoms with van der Waals surface area (Å²) in [5, 5.41) is 7.07. The van der Waals surface area contributed by atoms with E-state index in [1.165, 1.54) is 6.21 Å². The van der Waals surface area contributed by atoms with Crippen LogP contribution in [0.5, 0.6) is 5.75 Å². The van der Waals surface area contributed by atoms with Crippen LogP contribution in [0.1, 0.15) is 25.8 Å². The van der Waals surface area contributed by atoms with Crippen LogP contribution in [-0.4, -0.2) is 18.3 Å². The summed E-state index contributed by atoms with van der Waals surface area (Å²) in [7, 11) is 0. The van der Waals surface area contributed by atoms with E-state index >= 15 is 0 Å². The van der Waals surface area contributed by atoms with E-state index in [1.807, 2.05) is 38.1 Å². The van der Waals surface area contributed by atoms with E-state index in [9.17, 15) is 4.79 Å². The fourth-order valence-electron chi connectivity index (χ4n) is 1.84. The van der Waals surface area contributed by atoms with Gasteiger partial charge in [0.25, 0.3) is 0 Å². The van der Waals surface area contributed by atoms with Crippen molar-refractivity contribution in [1.29, 1.82) is 0 Å². The fourth-order valence-corrected chi connectivity index (χ4v) is 2.07. The second-order valence-corrected chi connectivity index (χ2v) is 5.62. The smallest absolute Gasteiger partial charge is 0.339 e.